The minimum atomic E-state index is -0.515. The van der Waals surface area contributed by atoms with Crippen LogP contribution in [0.2, 0.25) is 0 Å². The molecule has 1 saturated carbocycles. The van der Waals surface area contributed by atoms with Crippen LogP contribution in [0.5, 0.6) is 0 Å². The lowest BCUT2D eigenvalue weighted by Crippen LogP contribution is -2.34. The summed E-state index contributed by atoms with van der Waals surface area (Å²) in [5.41, 5.74) is 0.707. The molecule has 0 bridgehead atoms. The van der Waals surface area contributed by atoms with Crippen molar-refractivity contribution >= 4 is 11.9 Å². The van der Waals surface area contributed by atoms with Gasteiger partial charge in [0.2, 0.25) is 5.76 Å². The average molecular weight is 294 g/mol. The van der Waals surface area contributed by atoms with Crippen molar-refractivity contribution in [2.75, 3.05) is 0 Å². The zero-order chi connectivity index (χ0) is 15.7. The van der Waals surface area contributed by atoms with E-state index >= 15 is 0 Å². The lowest BCUT2D eigenvalue weighted by molar-refractivity contribution is -0.155. The van der Waals surface area contributed by atoms with Gasteiger partial charge in [-0.3, -0.25) is 4.79 Å². The molecule has 4 nitrogen and oxygen atoms in total. The summed E-state index contributed by atoms with van der Waals surface area (Å²) in [6.07, 6.45) is 2.76. The van der Waals surface area contributed by atoms with Crippen LogP contribution in [0.15, 0.2) is 11.3 Å². The first-order valence-electron chi connectivity index (χ1n) is 7.94. The van der Waals surface area contributed by atoms with Crippen LogP contribution in [-0.4, -0.2) is 18.0 Å². The average Bonchev–Trinajstić information content (AvgIpc) is 2.64. The SMILES string of the molecule is CC1=C(OC(=O)[C@@H]2C[C@H](C)CC[C@H]2C(C)C)C(=O)OC1C. The largest absolute Gasteiger partial charge is 0.452 e. The van der Waals surface area contributed by atoms with E-state index in [1.807, 2.05) is 0 Å². The highest BCUT2D eigenvalue weighted by Gasteiger charge is 2.39. The molecule has 4 atom stereocenters. The van der Waals surface area contributed by atoms with Crippen LogP contribution in [-0.2, 0) is 19.1 Å². The fraction of sp³-hybridized carbons (Fsp3) is 0.765. The third kappa shape index (κ3) is 3.30. The van der Waals surface area contributed by atoms with Gasteiger partial charge in [-0.2, -0.15) is 0 Å². The smallest absolute Gasteiger partial charge is 0.375 e. The summed E-state index contributed by atoms with van der Waals surface area (Å²) in [6, 6.07) is 0. The first kappa shape index (κ1) is 16.1. The van der Waals surface area contributed by atoms with Gasteiger partial charge < -0.3 is 9.47 Å². The second-order valence-electron chi connectivity index (χ2n) is 6.91. The van der Waals surface area contributed by atoms with E-state index in [0.717, 1.165) is 19.3 Å². The molecule has 0 aromatic carbocycles. The van der Waals surface area contributed by atoms with Gasteiger partial charge in [-0.25, -0.2) is 4.79 Å². The molecule has 0 radical (unpaired) electrons. The second kappa shape index (κ2) is 6.20. The minimum absolute atomic E-state index is 0.105. The van der Waals surface area contributed by atoms with Gasteiger partial charge in [-0.15, -0.1) is 0 Å². The molecule has 0 N–H and O–H groups in total. The van der Waals surface area contributed by atoms with Crippen LogP contribution < -0.4 is 0 Å². The fourth-order valence-electron chi connectivity index (χ4n) is 3.42. The van der Waals surface area contributed by atoms with Crippen LogP contribution in [0.1, 0.15) is 53.9 Å². The zero-order valence-corrected chi connectivity index (χ0v) is 13.6. The maximum Gasteiger partial charge on any atom is 0.375 e. The first-order chi connectivity index (χ1) is 9.81. The van der Waals surface area contributed by atoms with Gasteiger partial charge >= 0.3 is 11.9 Å². The third-order valence-electron chi connectivity index (χ3n) is 4.96. The van der Waals surface area contributed by atoms with Crippen molar-refractivity contribution in [3.8, 4) is 0 Å². The maximum atomic E-state index is 12.5. The Bertz CT molecular complexity index is 463. The molecule has 0 saturated heterocycles. The summed E-state index contributed by atoms with van der Waals surface area (Å²) in [6.45, 7) is 10.0. The van der Waals surface area contributed by atoms with E-state index in [0.29, 0.717) is 23.3 Å². The van der Waals surface area contributed by atoms with Crippen molar-refractivity contribution in [2.45, 2.75) is 60.0 Å². The number of carbonyl (C=O) groups is 2. The van der Waals surface area contributed by atoms with Crippen LogP contribution >= 0.6 is 0 Å². The lowest BCUT2D eigenvalue weighted by atomic mass is 9.70. The van der Waals surface area contributed by atoms with Gasteiger partial charge in [-0.05, 0) is 44.4 Å². The van der Waals surface area contributed by atoms with Crippen molar-refractivity contribution in [3.05, 3.63) is 11.3 Å². The summed E-state index contributed by atoms with van der Waals surface area (Å²) >= 11 is 0. The molecule has 4 heteroatoms. The van der Waals surface area contributed by atoms with Gasteiger partial charge in [-0.1, -0.05) is 27.2 Å². The molecule has 0 spiro atoms. The number of hydrogen-bond donors (Lipinski definition) is 0. The molecule has 2 aliphatic rings. The lowest BCUT2D eigenvalue weighted by Gasteiger charge is -2.35. The van der Waals surface area contributed by atoms with Gasteiger partial charge in [0, 0.05) is 5.57 Å². The van der Waals surface area contributed by atoms with E-state index in [1.165, 1.54) is 0 Å². The molecule has 0 aromatic rings. The second-order valence-corrected chi connectivity index (χ2v) is 6.91. The molecule has 118 valence electrons. The van der Waals surface area contributed by atoms with E-state index in [-0.39, 0.29) is 23.8 Å². The summed E-state index contributed by atoms with van der Waals surface area (Å²) < 4.78 is 10.5. The Labute approximate surface area is 126 Å². The molecule has 1 aliphatic carbocycles. The number of hydrogen-bond acceptors (Lipinski definition) is 4. The quantitative estimate of drug-likeness (QED) is 0.748. The van der Waals surface area contributed by atoms with Gasteiger partial charge in [0.05, 0.1) is 5.92 Å². The molecular weight excluding hydrogens is 268 g/mol. The van der Waals surface area contributed by atoms with Crippen LogP contribution in [0.4, 0.5) is 0 Å². The normalized spacial score (nSPS) is 33.3. The molecule has 21 heavy (non-hydrogen) atoms. The molecule has 1 aliphatic heterocycles. The summed E-state index contributed by atoms with van der Waals surface area (Å²) in [5.74, 6) is 0.524. The predicted octanol–water partition coefficient (Wildman–Crippen LogP) is 3.46. The number of esters is 2. The number of ether oxygens (including phenoxy) is 2. The Kier molecular flexibility index (Phi) is 4.74. The number of carbonyl (C=O) groups excluding carboxylic acids is 2. The third-order valence-corrected chi connectivity index (χ3v) is 4.96. The van der Waals surface area contributed by atoms with E-state index in [4.69, 9.17) is 9.47 Å². The van der Waals surface area contributed by atoms with Crippen molar-refractivity contribution in [2.24, 2.45) is 23.7 Å². The van der Waals surface area contributed by atoms with Crippen LogP contribution in [0.3, 0.4) is 0 Å². The van der Waals surface area contributed by atoms with Gasteiger partial charge in [0.1, 0.15) is 6.10 Å². The Morgan fingerprint density at radius 1 is 1.29 bits per heavy atom. The minimum Gasteiger partial charge on any atom is -0.452 e. The summed E-state index contributed by atoms with van der Waals surface area (Å²) in [7, 11) is 0. The van der Waals surface area contributed by atoms with Crippen LogP contribution in [0.25, 0.3) is 0 Å². The van der Waals surface area contributed by atoms with E-state index in [1.54, 1.807) is 13.8 Å². The summed E-state index contributed by atoms with van der Waals surface area (Å²) in [4.78, 5) is 24.3. The van der Waals surface area contributed by atoms with E-state index in [2.05, 4.69) is 20.8 Å². The van der Waals surface area contributed by atoms with E-state index < -0.39 is 5.97 Å². The van der Waals surface area contributed by atoms with Crippen molar-refractivity contribution in [3.63, 3.8) is 0 Å². The molecule has 1 heterocycles. The molecule has 2 rings (SSSR count). The standard InChI is InChI=1S/C17H26O4/c1-9(2)13-7-6-10(3)8-14(13)16(18)21-15-11(4)12(5)20-17(15)19/h9-10,12-14H,6-8H2,1-5H3/t10-,12?,13+,14-/m1/s1. The Hall–Kier alpha value is -1.32. The molecule has 0 amide bonds. The van der Waals surface area contributed by atoms with Crippen molar-refractivity contribution in [1.82, 2.24) is 0 Å². The number of cyclic esters (lactones) is 1. The monoisotopic (exact) mass is 294 g/mol. The van der Waals surface area contributed by atoms with Gasteiger partial charge in [0.15, 0.2) is 0 Å². The fourth-order valence-corrected chi connectivity index (χ4v) is 3.42. The van der Waals surface area contributed by atoms with Crippen LogP contribution in [0, 0.1) is 23.7 Å². The first-order valence-corrected chi connectivity index (χ1v) is 7.94. The van der Waals surface area contributed by atoms with Crippen molar-refractivity contribution < 1.29 is 19.1 Å². The Morgan fingerprint density at radius 3 is 2.48 bits per heavy atom. The topological polar surface area (TPSA) is 52.6 Å². The highest BCUT2D eigenvalue weighted by Crippen LogP contribution is 2.39. The highest BCUT2D eigenvalue weighted by atomic mass is 16.6. The highest BCUT2D eigenvalue weighted by molar-refractivity contribution is 5.93. The molecule has 0 aromatic heterocycles. The van der Waals surface area contributed by atoms with E-state index in [9.17, 15) is 9.59 Å². The van der Waals surface area contributed by atoms with Gasteiger partial charge in [0.25, 0.3) is 0 Å². The Balaban J connectivity index is 2.12. The molecular formula is C17H26O4. The number of rotatable bonds is 3. The zero-order valence-electron chi connectivity index (χ0n) is 13.6. The predicted molar refractivity (Wildman–Crippen MR) is 79.2 cm³/mol. The Morgan fingerprint density at radius 2 is 1.95 bits per heavy atom. The summed E-state index contributed by atoms with van der Waals surface area (Å²) in [5, 5.41) is 0. The molecule has 1 unspecified atom stereocenters. The maximum absolute atomic E-state index is 12.5. The van der Waals surface area contributed by atoms with Crippen molar-refractivity contribution in [1.29, 1.82) is 0 Å². The molecule has 1 fully saturated rings.